The van der Waals surface area contributed by atoms with Crippen LogP contribution in [0.25, 0.3) is 22.3 Å². The van der Waals surface area contributed by atoms with Crippen LogP contribution < -0.4 is 5.43 Å². The molecule has 1 aliphatic rings. The van der Waals surface area contributed by atoms with Crippen molar-refractivity contribution >= 4 is 30.4 Å². The highest BCUT2D eigenvalue weighted by molar-refractivity contribution is 7.46. The van der Waals surface area contributed by atoms with Crippen LogP contribution in [0.15, 0.2) is 45.6 Å². The molecule has 3 unspecified atom stereocenters. The fraction of sp³-hybridized carbons (Fsp3) is 0.286. The molecule has 0 saturated carbocycles. The molecule has 0 aliphatic carbocycles. The van der Waals surface area contributed by atoms with E-state index in [2.05, 4.69) is 0 Å². The predicted octanol–water partition coefficient (Wildman–Crippen LogP) is 3.42. The summed E-state index contributed by atoms with van der Waals surface area (Å²) in [4.78, 5) is 33.3. The summed E-state index contributed by atoms with van der Waals surface area (Å²) >= 11 is 6.25. The fourth-order valence-electron chi connectivity index (χ4n) is 3.98. The van der Waals surface area contributed by atoms with Crippen LogP contribution in [0.4, 0.5) is 0 Å². The summed E-state index contributed by atoms with van der Waals surface area (Å²) in [5, 5.41) is 21.2. The minimum atomic E-state index is -5.00. The maximum absolute atomic E-state index is 12.9. The van der Waals surface area contributed by atoms with Gasteiger partial charge in [-0.05, 0) is 32.1 Å². The Bertz CT molecular complexity index is 1330. The van der Waals surface area contributed by atoms with Gasteiger partial charge in [-0.3, -0.25) is 9.32 Å². The van der Waals surface area contributed by atoms with Crippen molar-refractivity contribution in [1.29, 1.82) is 0 Å². The molecular weight excluding hydrogens is 461 g/mol. The zero-order chi connectivity index (χ0) is 24.1. The molecule has 32 heavy (non-hydrogen) atoms. The number of hydrogen-bond donors (Lipinski definition) is 4. The summed E-state index contributed by atoms with van der Waals surface area (Å²) in [5.74, 6) is -1.83. The molecule has 1 aromatic heterocycles. The summed E-state index contributed by atoms with van der Waals surface area (Å²) in [6.07, 6.45) is -1.14. The van der Waals surface area contributed by atoms with Gasteiger partial charge in [0.1, 0.15) is 28.2 Å². The number of halogens is 1. The van der Waals surface area contributed by atoms with Gasteiger partial charge in [0.2, 0.25) is 0 Å². The molecule has 0 bridgehead atoms. The largest absolute Gasteiger partial charge is 0.507 e. The van der Waals surface area contributed by atoms with Crippen molar-refractivity contribution in [2.24, 2.45) is 0 Å². The van der Waals surface area contributed by atoms with Crippen molar-refractivity contribution < 1.29 is 34.9 Å². The molecule has 11 heteroatoms. The van der Waals surface area contributed by atoms with Crippen LogP contribution in [0.5, 0.6) is 11.5 Å². The minimum absolute atomic E-state index is 0.0117. The second-order valence-electron chi connectivity index (χ2n) is 7.57. The minimum Gasteiger partial charge on any atom is -0.507 e. The van der Waals surface area contributed by atoms with E-state index in [0.717, 1.165) is 12.1 Å². The van der Waals surface area contributed by atoms with E-state index in [4.69, 9.17) is 21.9 Å². The fourth-order valence-corrected chi connectivity index (χ4v) is 4.73. The van der Waals surface area contributed by atoms with Gasteiger partial charge >= 0.3 is 7.82 Å². The van der Waals surface area contributed by atoms with Gasteiger partial charge in [-0.15, -0.1) is 0 Å². The van der Waals surface area contributed by atoms with Crippen molar-refractivity contribution in [2.75, 3.05) is 20.1 Å². The number of fused-ring (bicyclic) bond motifs is 1. The topological polar surface area (TPSA) is 141 Å². The third kappa shape index (κ3) is 4.41. The third-order valence-electron chi connectivity index (χ3n) is 5.36. The summed E-state index contributed by atoms with van der Waals surface area (Å²) in [7, 11) is -3.40. The van der Waals surface area contributed by atoms with E-state index in [1.54, 1.807) is 36.2 Å². The van der Waals surface area contributed by atoms with E-state index in [-0.39, 0.29) is 28.7 Å². The molecule has 2 heterocycles. The highest BCUT2D eigenvalue weighted by Crippen LogP contribution is 2.47. The summed E-state index contributed by atoms with van der Waals surface area (Å²) in [6, 6.07) is 8.76. The zero-order valence-corrected chi connectivity index (χ0v) is 18.5. The van der Waals surface area contributed by atoms with Gasteiger partial charge in [-0.1, -0.05) is 23.7 Å². The Morgan fingerprint density at radius 2 is 1.97 bits per heavy atom. The van der Waals surface area contributed by atoms with E-state index in [0.29, 0.717) is 17.1 Å². The van der Waals surface area contributed by atoms with Gasteiger partial charge in [0.15, 0.2) is 5.43 Å². The molecular formula is C21H21ClNO8P. The number of likely N-dealkylation sites (N-methyl/N-ethyl adjacent to an activating group) is 1. The number of phenolic OH excluding ortho intramolecular Hbond substituents is 2. The smallest absolute Gasteiger partial charge is 0.469 e. The molecule has 0 radical (unpaired) electrons. The van der Waals surface area contributed by atoms with Gasteiger partial charge in [-0.25, -0.2) is 4.57 Å². The molecule has 0 spiro atoms. The molecule has 2 aromatic carbocycles. The van der Waals surface area contributed by atoms with Crippen LogP contribution >= 0.6 is 19.4 Å². The van der Waals surface area contributed by atoms with Crippen molar-refractivity contribution in [2.45, 2.75) is 18.4 Å². The first-order chi connectivity index (χ1) is 15.5. The van der Waals surface area contributed by atoms with Crippen LogP contribution in [0, 0.1) is 0 Å². The Balaban J connectivity index is 1.99. The molecule has 9 nitrogen and oxygen atoms in total. The van der Waals surface area contributed by atoms with Crippen molar-refractivity contribution in [1.82, 2.24) is 4.90 Å². The van der Waals surface area contributed by atoms with E-state index in [9.17, 15) is 29.4 Å². The van der Waals surface area contributed by atoms with E-state index < -0.39 is 43.3 Å². The molecule has 1 saturated heterocycles. The number of likely N-dealkylation sites (tertiary alicyclic amines) is 1. The van der Waals surface area contributed by atoms with Gasteiger partial charge in [-0.2, -0.15) is 0 Å². The number of phosphoric ester groups is 1. The zero-order valence-electron chi connectivity index (χ0n) is 17.8. The summed E-state index contributed by atoms with van der Waals surface area (Å²) in [6.45, 7) is -0.839. The lowest BCUT2D eigenvalue weighted by Gasteiger charge is -2.36. The van der Waals surface area contributed by atoms with E-state index in [1.807, 2.05) is 0 Å². The number of phenols is 2. The van der Waals surface area contributed by atoms with Crippen LogP contribution in [0.1, 0.15) is 19.3 Å². The highest BCUT2D eigenvalue weighted by atomic mass is 35.5. The number of benzene rings is 2. The molecule has 4 rings (SSSR count). The van der Waals surface area contributed by atoms with Gasteiger partial charge in [0.05, 0.1) is 11.1 Å². The standard InChI is InChI=1S/C21H21ClNO8P/c1-23-7-6-12(18(10-23)31-32(27,28)29)19-14(24)8-15(25)20-16(26)9-17(30-21(19)20)11-4-2-3-5-13(11)22/h2-5,8-9,12,18,24-25H,6-7,10H2,1H3,(H2,27,28,29)/i10D. The molecule has 1 aliphatic heterocycles. The number of piperidine rings is 1. The summed E-state index contributed by atoms with van der Waals surface area (Å²) < 4.78 is 30.9. The van der Waals surface area contributed by atoms with Crippen LogP contribution in [0.3, 0.4) is 0 Å². The first kappa shape index (κ1) is 21.5. The quantitative estimate of drug-likeness (QED) is 0.411. The normalized spacial score (nSPS) is 22.8. The Morgan fingerprint density at radius 1 is 1.25 bits per heavy atom. The number of nitrogens with zero attached hydrogens (tertiary/aromatic N) is 1. The lowest BCUT2D eigenvalue weighted by atomic mass is 9.85. The van der Waals surface area contributed by atoms with Gasteiger partial charge in [0.25, 0.3) is 0 Å². The highest BCUT2D eigenvalue weighted by Gasteiger charge is 2.38. The van der Waals surface area contributed by atoms with Crippen molar-refractivity contribution in [3.63, 3.8) is 0 Å². The average molecular weight is 483 g/mol. The molecule has 0 amide bonds. The second-order valence-corrected chi connectivity index (χ2v) is 9.17. The molecule has 3 atom stereocenters. The molecule has 170 valence electrons. The molecule has 1 fully saturated rings. The molecule has 3 aromatic rings. The van der Waals surface area contributed by atoms with Crippen LogP contribution in [-0.4, -0.2) is 51.1 Å². The second kappa shape index (κ2) is 8.51. The Labute approximate surface area is 189 Å². The number of hydrogen-bond acceptors (Lipinski definition) is 7. The number of rotatable bonds is 4. The maximum atomic E-state index is 12.9. The van der Waals surface area contributed by atoms with Crippen molar-refractivity contribution in [3.05, 3.63) is 57.2 Å². The Morgan fingerprint density at radius 3 is 2.66 bits per heavy atom. The van der Waals surface area contributed by atoms with Gasteiger partial charge < -0.3 is 29.3 Å². The lowest BCUT2D eigenvalue weighted by Crippen LogP contribution is -2.41. The van der Waals surface area contributed by atoms with Crippen molar-refractivity contribution in [3.8, 4) is 22.8 Å². The number of aromatic hydroxyl groups is 2. The van der Waals surface area contributed by atoms with E-state index in [1.165, 1.54) is 0 Å². The Hall–Kier alpha value is -2.39. The van der Waals surface area contributed by atoms with Crippen LogP contribution in [-0.2, 0) is 9.09 Å². The van der Waals surface area contributed by atoms with Gasteiger partial charge in [0, 0.05) is 37.1 Å². The average Bonchev–Trinajstić information content (AvgIpc) is 2.71. The monoisotopic (exact) mass is 482 g/mol. The number of phosphoric acid groups is 1. The first-order valence-corrected chi connectivity index (χ1v) is 11.5. The van der Waals surface area contributed by atoms with Crippen LogP contribution in [0.2, 0.25) is 5.02 Å². The molecule has 4 N–H and O–H groups in total. The predicted molar refractivity (Wildman–Crippen MR) is 118 cm³/mol. The third-order valence-corrected chi connectivity index (χ3v) is 6.21. The lowest BCUT2D eigenvalue weighted by molar-refractivity contribution is 0.0544. The first-order valence-electron chi connectivity index (χ1n) is 10.2. The maximum Gasteiger partial charge on any atom is 0.469 e. The van der Waals surface area contributed by atoms with E-state index >= 15 is 0 Å². The Kier molecular flexibility index (Phi) is 5.71. The summed E-state index contributed by atoms with van der Waals surface area (Å²) in [5.41, 5.74) is -0.363. The SMILES string of the molecule is [2H]C1C(OP(=O)(O)O)C(c2c(O)cc(O)c3c(=O)cc(-c4ccccc4Cl)oc23)CCN1C.